The van der Waals surface area contributed by atoms with Gasteiger partial charge < -0.3 is 24.8 Å². The number of anilines is 1. The van der Waals surface area contributed by atoms with Crippen molar-refractivity contribution in [2.24, 2.45) is 45.8 Å². The molecule has 5 fully saturated rings. The summed E-state index contributed by atoms with van der Waals surface area (Å²) in [6.45, 7) is 12.4. The number of carbonyl (C=O) groups excluding carboxylic acids is 2. The van der Waals surface area contributed by atoms with Crippen LogP contribution in [0.5, 0.6) is 0 Å². The van der Waals surface area contributed by atoms with Crippen LogP contribution in [0.2, 0.25) is 0 Å². The van der Waals surface area contributed by atoms with Crippen molar-refractivity contribution in [3.63, 3.8) is 0 Å². The molecule has 1 aromatic rings. The van der Waals surface area contributed by atoms with E-state index in [-0.39, 0.29) is 53.8 Å². The van der Waals surface area contributed by atoms with Crippen LogP contribution in [0.25, 0.3) is 0 Å². The molecule has 1 spiro atoms. The Kier molecular flexibility index (Phi) is 6.15. The summed E-state index contributed by atoms with van der Waals surface area (Å²) in [6.07, 6.45) is 3.15. The minimum absolute atomic E-state index is 0.00731. The van der Waals surface area contributed by atoms with Crippen molar-refractivity contribution in [2.45, 2.75) is 72.2 Å². The lowest BCUT2D eigenvalue weighted by atomic mass is 9.25. The zero-order valence-electron chi connectivity index (χ0n) is 23.2. The van der Waals surface area contributed by atoms with Gasteiger partial charge in [0.05, 0.1) is 18.4 Å². The summed E-state index contributed by atoms with van der Waals surface area (Å²) in [5.74, 6) is -0.299. The Bertz CT molecular complexity index is 1240. The van der Waals surface area contributed by atoms with Crippen molar-refractivity contribution in [1.82, 2.24) is 0 Å². The molecule has 5 saturated carbocycles. The van der Waals surface area contributed by atoms with Crippen LogP contribution in [0, 0.1) is 51.7 Å². The number of rotatable bonds is 5. The lowest BCUT2D eigenvalue weighted by molar-refractivity contribution is -0.321. The molecule has 6 aliphatic rings. The van der Waals surface area contributed by atoms with Crippen molar-refractivity contribution in [3.05, 3.63) is 36.2 Å². The van der Waals surface area contributed by atoms with Gasteiger partial charge in [0.15, 0.2) is 0 Å². The van der Waals surface area contributed by atoms with E-state index in [0.717, 1.165) is 12.8 Å². The molecule has 1 heterocycles. The number of fused-ring (bicyclic) bond motifs is 2. The van der Waals surface area contributed by atoms with E-state index in [9.17, 15) is 24.1 Å². The third-order valence-corrected chi connectivity index (χ3v) is 11.9. The second-order valence-electron chi connectivity index (χ2n) is 13.4. The van der Waals surface area contributed by atoms with Crippen molar-refractivity contribution in [3.8, 4) is 0 Å². The smallest absolute Gasteiger partial charge is 0.460 e. The molecule has 0 aromatic heterocycles. The van der Waals surface area contributed by atoms with Crippen LogP contribution >= 0.6 is 0 Å². The largest absolute Gasteiger partial charge is 0.491 e. The average molecular weight is 539 g/mol. The van der Waals surface area contributed by atoms with Crippen molar-refractivity contribution in [1.29, 1.82) is 0 Å². The van der Waals surface area contributed by atoms with Gasteiger partial charge in [-0.1, -0.05) is 33.8 Å². The molecule has 7 nitrogen and oxygen atoms in total. The number of hydrogen-bond donors (Lipinski definition) is 3. The van der Waals surface area contributed by atoms with E-state index in [1.165, 1.54) is 12.1 Å². The first-order valence-electron chi connectivity index (χ1n) is 14.3. The number of nitrogens with one attached hydrogen (secondary N) is 1. The summed E-state index contributed by atoms with van der Waals surface area (Å²) in [6, 6.07) is 2.77. The molecule has 0 amide bonds. The first kappa shape index (κ1) is 27.0. The first-order valence-corrected chi connectivity index (χ1v) is 14.3. The minimum atomic E-state index is -1.12. The molecule has 39 heavy (non-hydrogen) atoms. The highest BCUT2D eigenvalue weighted by atomic mass is 19.1. The first-order chi connectivity index (χ1) is 18.4. The molecule has 1 aliphatic heterocycles. The van der Waals surface area contributed by atoms with Gasteiger partial charge in [-0.05, 0) is 71.5 Å². The van der Waals surface area contributed by atoms with Gasteiger partial charge in [-0.15, -0.1) is 6.58 Å². The Labute approximate surface area is 229 Å². The molecule has 5 aliphatic carbocycles. The van der Waals surface area contributed by atoms with Crippen LogP contribution in [-0.4, -0.2) is 47.8 Å². The molecular formula is C30H39BFNO6. The van der Waals surface area contributed by atoms with Gasteiger partial charge in [0.1, 0.15) is 24.2 Å². The fourth-order valence-electron chi connectivity index (χ4n) is 9.64. The Morgan fingerprint density at radius 2 is 2.10 bits per heavy atom. The summed E-state index contributed by atoms with van der Waals surface area (Å²) in [4.78, 5) is 26.5. The van der Waals surface area contributed by atoms with Gasteiger partial charge in [-0.25, -0.2) is 4.39 Å². The summed E-state index contributed by atoms with van der Waals surface area (Å²) < 4.78 is 26.1. The number of Topliss-reactive ketones (excluding diaryl/α,β-unsaturated/α-hetero) is 1. The highest BCUT2D eigenvalue weighted by Crippen LogP contribution is 2.79. The monoisotopic (exact) mass is 539 g/mol. The molecule has 0 saturated heterocycles. The van der Waals surface area contributed by atoms with Gasteiger partial charge >= 0.3 is 13.1 Å². The number of hydrogen-bond acceptors (Lipinski definition) is 7. The van der Waals surface area contributed by atoms with E-state index >= 15 is 0 Å². The molecule has 1 unspecified atom stereocenters. The maximum absolute atomic E-state index is 14.7. The third kappa shape index (κ3) is 3.51. The molecule has 9 heteroatoms. The number of aliphatic hydroxyl groups is 1. The van der Waals surface area contributed by atoms with Crippen LogP contribution < -0.4 is 10.8 Å². The maximum Gasteiger partial charge on any atom is 0.491 e. The van der Waals surface area contributed by atoms with Crippen molar-refractivity contribution in [2.75, 3.05) is 11.9 Å². The molecular weight excluding hydrogens is 500 g/mol. The van der Waals surface area contributed by atoms with E-state index in [2.05, 4.69) is 32.7 Å². The van der Waals surface area contributed by atoms with Gasteiger partial charge in [0.25, 0.3) is 0 Å². The predicted octanol–water partition coefficient (Wildman–Crippen LogP) is 3.22. The topological polar surface area (TPSA) is 105 Å². The second-order valence-corrected chi connectivity index (χ2v) is 13.4. The summed E-state index contributed by atoms with van der Waals surface area (Å²) >= 11 is 0. The highest BCUT2D eigenvalue weighted by Gasteiger charge is 2.79. The Hall–Kier alpha value is -2.23. The molecule has 0 radical (unpaired) electrons. The number of ketones is 1. The standard InChI is InChI=1S/C30H39BFNO6/c1-6-28(4)12-23(39-24(35)13-33-21-11-19-17(10-20(21)32)14-38-31(19)37)29(5)15(2)9-18-25-22(34)7-8-30(18,26(25)29)16(3)27(28)36/h6,10-11,15-16,18,23,25-27,33,36-37H,1,7-9,12-14H2,2-5H3/t15-,16+,18+,23-,25?,26+,27+,28-,29+,30+/m1/s1. The molecule has 3 N–H and O–H groups in total. The van der Waals surface area contributed by atoms with E-state index in [1.54, 1.807) is 6.08 Å². The SMILES string of the molecule is C=C[C@]1(C)C[C@@H](OC(=O)CNc2cc3c(cc2F)COB3O)[C@]2(C)[C@H](C)C[C@H]3C4C(=O)CC[C@@]3([C@@H](C)[C@@H]1O)[C@@H]42. The van der Waals surface area contributed by atoms with Gasteiger partial charge in [-0.2, -0.15) is 0 Å². The average Bonchev–Trinajstić information content (AvgIpc) is 3.26. The normalized spacial score (nSPS) is 44.0. The fourth-order valence-corrected chi connectivity index (χ4v) is 9.64. The van der Waals surface area contributed by atoms with Crippen LogP contribution in [0.15, 0.2) is 24.8 Å². The van der Waals surface area contributed by atoms with Crippen LogP contribution in [0.1, 0.15) is 58.9 Å². The quantitative estimate of drug-likeness (QED) is 0.300. The minimum Gasteiger partial charge on any atom is -0.460 e. The molecule has 1 aromatic carbocycles. The summed E-state index contributed by atoms with van der Waals surface area (Å²) in [5, 5.41) is 24.6. The van der Waals surface area contributed by atoms with Gasteiger partial charge in [0, 0.05) is 23.2 Å². The molecule has 7 rings (SSSR count). The summed E-state index contributed by atoms with van der Waals surface area (Å²) in [7, 11) is -1.12. The zero-order chi connectivity index (χ0) is 28.1. The number of esters is 1. The Balaban J connectivity index is 1.30. The van der Waals surface area contributed by atoms with Gasteiger partial charge in [0.2, 0.25) is 0 Å². The number of halogens is 1. The second kappa shape index (κ2) is 8.89. The molecule has 5 bridgehead atoms. The van der Waals surface area contributed by atoms with Crippen LogP contribution in [0.3, 0.4) is 0 Å². The lowest BCUT2D eigenvalue weighted by Gasteiger charge is -2.78. The lowest BCUT2D eigenvalue weighted by Crippen LogP contribution is -2.78. The number of ether oxygens (including phenoxy) is 1. The number of carbonyl (C=O) groups is 2. The number of aliphatic hydroxyl groups excluding tert-OH is 1. The maximum atomic E-state index is 14.7. The zero-order valence-corrected chi connectivity index (χ0v) is 23.2. The molecule has 10 atom stereocenters. The highest BCUT2D eigenvalue weighted by molar-refractivity contribution is 6.61. The summed E-state index contributed by atoms with van der Waals surface area (Å²) in [5.41, 5.74) is -0.165. The van der Waals surface area contributed by atoms with E-state index in [1.807, 2.05) is 6.92 Å². The third-order valence-electron chi connectivity index (χ3n) is 11.9. The fraction of sp³-hybridized carbons (Fsp3) is 0.667. The Morgan fingerprint density at radius 3 is 2.82 bits per heavy atom. The number of benzene rings is 1. The Morgan fingerprint density at radius 1 is 1.36 bits per heavy atom. The van der Waals surface area contributed by atoms with Gasteiger partial charge in [-0.3, -0.25) is 9.59 Å². The van der Waals surface area contributed by atoms with E-state index in [0.29, 0.717) is 29.7 Å². The van der Waals surface area contributed by atoms with Crippen molar-refractivity contribution >= 4 is 30.0 Å². The van der Waals surface area contributed by atoms with Crippen LogP contribution in [-0.2, 0) is 25.6 Å². The predicted molar refractivity (Wildman–Crippen MR) is 144 cm³/mol. The molecule has 210 valence electrons. The van der Waals surface area contributed by atoms with Crippen LogP contribution in [0.4, 0.5) is 10.1 Å². The van der Waals surface area contributed by atoms with E-state index in [4.69, 9.17) is 9.39 Å². The van der Waals surface area contributed by atoms with Crippen molar-refractivity contribution < 1.29 is 33.5 Å². The van der Waals surface area contributed by atoms with E-state index < -0.39 is 41.9 Å².